The van der Waals surface area contributed by atoms with Gasteiger partial charge in [0.25, 0.3) is 0 Å². The highest BCUT2D eigenvalue weighted by molar-refractivity contribution is 8.00. The Kier molecular flexibility index (Phi) is 4.74. The monoisotopic (exact) mass is 354 g/mol. The van der Waals surface area contributed by atoms with Gasteiger partial charge < -0.3 is 4.74 Å². The zero-order valence-electron chi connectivity index (χ0n) is 13.7. The highest BCUT2D eigenvalue weighted by atomic mass is 32.2. The van der Waals surface area contributed by atoms with Gasteiger partial charge in [-0.15, -0.1) is 23.1 Å². The second-order valence-corrected chi connectivity index (χ2v) is 9.56. The molecule has 22 heavy (non-hydrogen) atoms. The second kappa shape index (κ2) is 6.30. The molecule has 3 rings (SSSR count). The molecular formula is C16H22N2OS3. The van der Waals surface area contributed by atoms with Crippen LogP contribution in [0.2, 0.25) is 0 Å². The molecule has 3 nitrogen and oxygen atoms in total. The SMILES string of the molecule is CC[C@@]1(C)Cc2c(sc3nc(SC)nc(SC(C)C)c23)CO1. The van der Waals surface area contributed by atoms with Crippen LogP contribution >= 0.6 is 34.9 Å². The van der Waals surface area contributed by atoms with E-state index in [1.807, 2.05) is 18.0 Å². The van der Waals surface area contributed by atoms with E-state index in [1.165, 1.54) is 15.8 Å². The number of rotatable bonds is 4. The first-order chi connectivity index (χ1) is 10.5. The van der Waals surface area contributed by atoms with Gasteiger partial charge >= 0.3 is 0 Å². The number of nitrogens with zero attached hydrogens (tertiary/aromatic N) is 2. The minimum atomic E-state index is -0.0566. The molecule has 0 N–H and O–H groups in total. The molecule has 3 heterocycles. The second-order valence-electron chi connectivity index (χ2n) is 6.13. The van der Waals surface area contributed by atoms with Crippen molar-refractivity contribution in [3.8, 4) is 0 Å². The molecule has 2 aromatic heterocycles. The van der Waals surface area contributed by atoms with Crippen molar-refractivity contribution in [2.24, 2.45) is 0 Å². The van der Waals surface area contributed by atoms with Crippen LogP contribution in [-0.2, 0) is 17.8 Å². The standard InChI is InChI=1S/C16H22N2OS3/c1-6-16(4)7-10-11(8-19-16)22-14-12(10)13(21-9(2)3)17-15(18-14)20-5/h9H,6-8H2,1-5H3/t16-/m0/s1. The van der Waals surface area contributed by atoms with Gasteiger partial charge in [0.1, 0.15) is 9.86 Å². The van der Waals surface area contributed by atoms with E-state index in [0.717, 1.165) is 27.9 Å². The number of fused-ring (bicyclic) bond motifs is 3. The minimum absolute atomic E-state index is 0.0566. The summed E-state index contributed by atoms with van der Waals surface area (Å²) < 4.78 is 6.10. The van der Waals surface area contributed by atoms with Crippen molar-refractivity contribution in [2.45, 2.75) is 68.2 Å². The maximum absolute atomic E-state index is 6.10. The number of ether oxygens (including phenoxy) is 1. The fourth-order valence-corrected chi connectivity index (χ4v) is 5.22. The van der Waals surface area contributed by atoms with Gasteiger partial charge in [-0.05, 0) is 25.2 Å². The van der Waals surface area contributed by atoms with Crippen molar-refractivity contribution in [1.29, 1.82) is 0 Å². The van der Waals surface area contributed by atoms with E-state index in [0.29, 0.717) is 11.9 Å². The molecule has 0 fully saturated rings. The predicted octanol–water partition coefficient (Wildman–Crippen LogP) is 5.16. The summed E-state index contributed by atoms with van der Waals surface area (Å²) >= 11 is 5.24. The lowest BCUT2D eigenvalue weighted by Crippen LogP contribution is -2.33. The summed E-state index contributed by atoms with van der Waals surface area (Å²) in [6.07, 6.45) is 4.03. The fraction of sp³-hybridized carbons (Fsp3) is 0.625. The molecule has 0 spiro atoms. The van der Waals surface area contributed by atoms with E-state index < -0.39 is 0 Å². The largest absolute Gasteiger partial charge is 0.369 e. The van der Waals surface area contributed by atoms with Crippen molar-refractivity contribution in [2.75, 3.05) is 6.26 Å². The molecule has 0 saturated carbocycles. The lowest BCUT2D eigenvalue weighted by molar-refractivity contribution is -0.0543. The van der Waals surface area contributed by atoms with Crippen LogP contribution in [-0.4, -0.2) is 27.1 Å². The van der Waals surface area contributed by atoms with E-state index in [1.54, 1.807) is 23.1 Å². The number of hydrogen-bond donors (Lipinski definition) is 0. The van der Waals surface area contributed by atoms with Gasteiger partial charge in [0.2, 0.25) is 0 Å². The molecule has 1 aliphatic rings. The van der Waals surface area contributed by atoms with Crippen molar-refractivity contribution in [1.82, 2.24) is 9.97 Å². The fourth-order valence-electron chi connectivity index (χ4n) is 2.65. The Hall–Kier alpha value is -0.300. The first-order valence-electron chi connectivity index (χ1n) is 7.62. The third kappa shape index (κ3) is 3.03. The average molecular weight is 355 g/mol. The van der Waals surface area contributed by atoms with Crippen molar-refractivity contribution >= 4 is 45.1 Å². The highest BCUT2D eigenvalue weighted by Gasteiger charge is 2.33. The first kappa shape index (κ1) is 16.6. The molecule has 0 unspecified atom stereocenters. The van der Waals surface area contributed by atoms with Crippen LogP contribution < -0.4 is 0 Å². The molecule has 1 atom stereocenters. The van der Waals surface area contributed by atoms with Gasteiger partial charge in [-0.1, -0.05) is 32.5 Å². The molecule has 0 aromatic carbocycles. The zero-order valence-corrected chi connectivity index (χ0v) is 16.2. The van der Waals surface area contributed by atoms with Gasteiger partial charge in [-0.2, -0.15) is 0 Å². The molecule has 0 bridgehead atoms. The van der Waals surface area contributed by atoms with E-state index in [2.05, 4.69) is 27.7 Å². The Balaban J connectivity index is 2.18. The summed E-state index contributed by atoms with van der Waals surface area (Å²) in [7, 11) is 0. The number of thiophene rings is 1. The smallest absolute Gasteiger partial charge is 0.189 e. The van der Waals surface area contributed by atoms with Crippen LogP contribution in [0.5, 0.6) is 0 Å². The third-order valence-corrected chi connectivity index (χ3v) is 6.70. The molecule has 1 aliphatic heterocycles. The quantitative estimate of drug-likeness (QED) is 0.431. The Morgan fingerprint density at radius 1 is 1.36 bits per heavy atom. The van der Waals surface area contributed by atoms with E-state index in [4.69, 9.17) is 14.7 Å². The molecule has 0 amide bonds. The molecule has 0 radical (unpaired) electrons. The summed E-state index contributed by atoms with van der Waals surface area (Å²) in [4.78, 5) is 12.0. The normalized spacial score (nSPS) is 21.5. The van der Waals surface area contributed by atoms with Crippen LogP contribution in [0.3, 0.4) is 0 Å². The minimum Gasteiger partial charge on any atom is -0.369 e. The molecule has 6 heteroatoms. The Morgan fingerprint density at radius 2 is 2.14 bits per heavy atom. The van der Waals surface area contributed by atoms with Gasteiger partial charge in [0.15, 0.2) is 5.16 Å². The van der Waals surface area contributed by atoms with Crippen LogP contribution in [0.25, 0.3) is 10.2 Å². The Bertz CT molecular complexity index is 698. The summed E-state index contributed by atoms with van der Waals surface area (Å²) in [6.45, 7) is 9.56. The molecule has 2 aromatic rings. The number of aromatic nitrogens is 2. The van der Waals surface area contributed by atoms with Gasteiger partial charge in [0.05, 0.1) is 12.2 Å². The molecule has 120 valence electrons. The zero-order chi connectivity index (χ0) is 15.9. The lowest BCUT2D eigenvalue weighted by atomic mass is 9.90. The summed E-state index contributed by atoms with van der Waals surface area (Å²) in [5.41, 5.74) is 1.37. The van der Waals surface area contributed by atoms with Crippen LogP contribution in [0.1, 0.15) is 44.6 Å². The Morgan fingerprint density at radius 3 is 2.77 bits per heavy atom. The molecule has 0 aliphatic carbocycles. The predicted molar refractivity (Wildman–Crippen MR) is 97.4 cm³/mol. The number of hydrogen-bond acceptors (Lipinski definition) is 6. The van der Waals surface area contributed by atoms with Crippen LogP contribution in [0, 0.1) is 0 Å². The van der Waals surface area contributed by atoms with E-state index in [-0.39, 0.29) is 5.60 Å². The summed E-state index contributed by atoms with van der Waals surface area (Å²) in [6, 6.07) is 0. The van der Waals surface area contributed by atoms with Crippen LogP contribution in [0.4, 0.5) is 0 Å². The molecule has 0 saturated heterocycles. The summed E-state index contributed by atoms with van der Waals surface area (Å²) in [5.74, 6) is 0. The van der Waals surface area contributed by atoms with Gasteiger partial charge in [-0.25, -0.2) is 9.97 Å². The van der Waals surface area contributed by atoms with Crippen molar-refractivity contribution < 1.29 is 4.74 Å². The number of thioether (sulfide) groups is 2. The first-order valence-corrected chi connectivity index (χ1v) is 10.5. The Labute approximate surface area is 144 Å². The van der Waals surface area contributed by atoms with E-state index >= 15 is 0 Å². The van der Waals surface area contributed by atoms with Crippen molar-refractivity contribution in [3.05, 3.63) is 10.4 Å². The third-order valence-electron chi connectivity index (χ3n) is 4.06. The average Bonchev–Trinajstić information content (AvgIpc) is 2.84. The van der Waals surface area contributed by atoms with Gasteiger partial charge in [0, 0.05) is 21.9 Å². The summed E-state index contributed by atoms with van der Waals surface area (Å²) in [5, 5.41) is 3.80. The maximum Gasteiger partial charge on any atom is 0.189 e. The highest BCUT2D eigenvalue weighted by Crippen LogP contribution is 2.43. The lowest BCUT2D eigenvalue weighted by Gasteiger charge is -2.33. The van der Waals surface area contributed by atoms with Gasteiger partial charge in [-0.3, -0.25) is 0 Å². The maximum atomic E-state index is 6.10. The van der Waals surface area contributed by atoms with Crippen molar-refractivity contribution in [3.63, 3.8) is 0 Å². The molecular weight excluding hydrogens is 332 g/mol. The van der Waals surface area contributed by atoms with E-state index in [9.17, 15) is 0 Å². The topological polar surface area (TPSA) is 35.0 Å². The van der Waals surface area contributed by atoms with Crippen LogP contribution in [0.15, 0.2) is 10.2 Å².